The molecule has 0 aliphatic rings. The maximum absolute atomic E-state index is 11.1. The summed E-state index contributed by atoms with van der Waals surface area (Å²) in [5, 5.41) is 17.9. The Balaban J connectivity index is 2.41. The van der Waals surface area contributed by atoms with E-state index in [0.717, 1.165) is 5.56 Å². The third-order valence-corrected chi connectivity index (χ3v) is 1.88. The average molecular weight is 210 g/mol. The first-order chi connectivity index (χ1) is 7.24. The van der Waals surface area contributed by atoms with Crippen LogP contribution in [0.25, 0.3) is 0 Å². The highest BCUT2D eigenvalue weighted by molar-refractivity contribution is 5.74. The molecule has 0 saturated carbocycles. The summed E-state index contributed by atoms with van der Waals surface area (Å²) in [5.41, 5.74) is 0.867. The Labute approximate surface area is 88.1 Å². The van der Waals surface area contributed by atoms with Crippen molar-refractivity contribution in [3.8, 4) is 0 Å². The molecular weight excluding hydrogens is 196 g/mol. The lowest BCUT2D eigenvalue weighted by Gasteiger charge is -2.09. The summed E-state index contributed by atoms with van der Waals surface area (Å²) < 4.78 is 4.59. The number of benzene rings is 1. The largest absolute Gasteiger partial charge is 0.461 e. The lowest BCUT2D eigenvalue weighted by atomic mass is 10.1. The normalized spacial score (nSPS) is 12.1. The molecule has 1 aromatic carbocycles. The Morgan fingerprint density at radius 1 is 1.33 bits per heavy atom. The smallest absolute Gasteiger partial charge is 0.335 e. The average Bonchev–Trinajstić information content (AvgIpc) is 2.27. The van der Waals surface area contributed by atoms with Crippen LogP contribution in [-0.4, -0.2) is 35.5 Å². The van der Waals surface area contributed by atoms with Crippen LogP contribution in [0.5, 0.6) is 0 Å². The Morgan fingerprint density at radius 2 is 2.00 bits per heavy atom. The first-order valence-electron chi connectivity index (χ1n) is 4.73. The molecule has 0 radical (unpaired) electrons. The van der Waals surface area contributed by atoms with Crippen LogP contribution in [-0.2, 0) is 16.0 Å². The molecule has 0 amide bonds. The number of esters is 1. The van der Waals surface area contributed by atoms with Gasteiger partial charge in [0.25, 0.3) is 0 Å². The minimum Gasteiger partial charge on any atom is -0.461 e. The van der Waals surface area contributed by atoms with Crippen LogP contribution in [0.15, 0.2) is 30.3 Å². The number of ether oxygens (including phenoxy) is 1. The van der Waals surface area contributed by atoms with Gasteiger partial charge in [0.05, 0.1) is 6.61 Å². The van der Waals surface area contributed by atoms with Crippen molar-refractivity contribution in [3.63, 3.8) is 0 Å². The van der Waals surface area contributed by atoms with Crippen LogP contribution in [0.1, 0.15) is 5.56 Å². The molecule has 1 rings (SSSR count). The molecule has 0 saturated heterocycles. The van der Waals surface area contributed by atoms with Gasteiger partial charge in [-0.2, -0.15) is 0 Å². The number of hydrogen-bond donors (Lipinski definition) is 2. The van der Waals surface area contributed by atoms with Gasteiger partial charge in [0.15, 0.2) is 6.10 Å². The zero-order valence-corrected chi connectivity index (χ0v) is 8.30. The molecule has 0 heterocycles. The Morgan fingerprint density at radius 3 is 2.60 bits per heavy atom. The van der Waals surface area contributed by atoms with Crippen LogP contribution >= 0.6 is 0 Å². The fourth-order valence-electron chi connectivity index (χ4n) is 1.16. The van der Waals surface area contributed by atoms with E-state index < -0.39 is 12.1 Å². The monoisotopic (exact) mass is 210 g/mol. The topological polar surface area (TPSA) is 66.8 Å². The first-order valence-corrected chi connectivity index (χ1v) is 4.73. The summed E-state index contributed by atoms with van der Waals surface area (Å²) in [7, 11) is 0. The third-order valence-electron chi connectivity index (χ3n) is 1.88. The highest BCUT2D eigenvalue weighted by atomic mass is 16.6. The van der Waals surface area contributed by atoms with E-state index >= 15 is 0 Å². The highest BCUT2D eigenvalue weighted by Gasteiger charge is 2.16. The quantitative estimate of drug-likeness (QED) is 0.678. The zero-order valence-electron chi connectivity index (χ0n) is 8.30. The van der Waals surface area contributed by atoms with Crippen molar-refractivity contribution in [3.05, 3.63) is 35.9 Å². The van der Waals surface area contributed by atoms with Crippen LogP contribution in [0.4, 0.5) is 0 Å². The number of carbonyl (C=O) groups is 1. The van der Waals surface area contributed by atoms with E-state index in [1.54, 1.807) is 0 Å². The molecule has 0 aromatic heterocycles. The van der Waals surface area contributed by atoms with Gasteiger partial charge in [0.1, 0.15) is 6.61 Å². The number of aliphatic hydroxyl groups excluding tert-OH is 2. The second-order valence-electron chi connectivity index (χ2n) is 3.10. The van der Waals surface area contributed by atoms with Crippen molar-refractivity contribution in [2.75, 3.05) is 13.2 Å². The molecule has 2 N–H and O–H groups in total. The number of aliphatic hydroxyl groups is 2. The van der Waals surface area contributed by atoms with Crippen molar-refractivity contribution in [1.82, 2.24) is 0 Å². The summed E-state index contributed by atoms with van der Waals surface area (Å²) >= 11 is 0. The SMILES string of the molecule is O=C(OCCO)C(O)Cc1ccccc1. The van der Waals surface area contributed by atoms with Gasteiger partial charge in [-0.25, -0.2) is 4.79 Å². The summed E-state index contributed by atoms with van der Waals surface area (Å²) in [5.74, 6) is -0.701. The molecule has 4 heteroatoms. The molecule has 1 atom stereocenters. The van der Waals surface area contributed by atoms with E-state index in [2.05, 4.69) is 4.74 Å². The first kappa shape index (κ1) is 11.7. The van der Waals surface area contributed by atoms with E-state index in [9.17, 15) is 9.90 Å². The van der Waals surface area contributed by atoms with Crippen LogP contribution in [0.2, 0.25) is 0 Å². The molecule has 0 bridgehead atoms. The molecule has 0 fully saturated rings. The summed E-state index contributed by atoms with van der Waals surface area (Å²) in [6.45, 7) is -0.311. The lowest BCUT2D eigenvalue weighted by molar-refractivity contribution is -0.154. The van der Waals surface area contributed by atoms with Crippen LogP contribution < -0.4 is 0 Å². The highest BCUT2D eigenvalue weighted by Crippen LogP contribution is 2.04. The predicted octanol–water partition coefficient (Wildman–Crippen LogP) is 0.125. The van der Waals surface area contributed by atoms with Gasteiger partial charge in [-0.1, -0.05) is 30.3 Å². The minimum atomic E-state index is -1.17. The van der Waals surface area contributed by atoms with Crippen LogP contribution in [0, 0.1) is 0 Å². The molecule has 4 nitrogen and oxygen atoms in total. The Hall–Kier alpha value is -1.39. The van der Waals surface area contributed by atoms with Crippen molar-refractivity contribution in [2.45, 2.75) is 12.5 Å². The van der Waals surface area contributed by atoms with E-state index in [1.807, 2.05) is 30.3 Å². The summed E-state index contributed by atoms with van der Waals surface area (Å²) in [4.78, 5) is 11.1. The Bertz CT molecular complexity index is 297. The van der Waals surface area contributed by atoms with E-state index in [0.29, 0.717) is 0 Å². The van der Waals surface area contributed by atoms with Gasteiger partial charge in [0, 0.05) is 6.42 Å². The van der Waals surface area contributed by atoms with Gasteiger partial charge in [0.2, 0.25) is 0 Å². The third kappa shape index (κ3) is 4.10. The lowest BCUT2D eigenvalue weighted by Crippen LogP contribution is -2.26. The Kier molecular flexibility index (Phi) is 4.80. The second kappa shape index (κ2) is 6.16. The zero-order chi connectivity index (χ0) is 11.1. The van der Waals surface area contributed by atoms with E-state index in [-0.39, 0.29) is 19.6 Å². The number of hydrogen-bond acceptors (Lipinski definition) is 4. The molecule has 0 aliphatic carbocycles. The molecule has 0 spiro atoms. The molecule has 1 unspecified atom stereocenters. The molecule has 0 aliphatic heterocycles. The van der Waals surface area contributed by atoms with Crippen molar-refractivity contribution in [2.24, 2.45) is 0 Å². The second-order valence-corrected chi connectivity index (χ2v) is 3.10. The van der Waals surface area contributed by atoms with Gasteiger partial charge in [-0.3, -0.25) is 0 Å². The number of carbonyl (C=O) groups excluding carboxylic acids is 1. The molecule has 82 valence electrons. The van der Waals surface area contributed by atoms with Gasteiger partial charge in [-0.05, 0) is 5.56 Å². The van der Waals surface area contributed by atoms with Crippen molar-refractivity contribution < 1.29 is 19.7 Å². The van der Waals surface area contributed by atoms with Gasteiger partial charge in [-0.15, -0.1) is 0 Å². The van der Waals surface area contributed by atoms with Crippen molar-refractivity contribution in [1.29, 1.82) is 0 Å². The number of rotatable bonds is 5. The minimum absolute atomic E-state index is 0.0787. The standard InChI is InChI=1S/C11H14O4/c12-6-7-15-11(14)10(13)8-9-4-2-1-3-5-9/h1-5,10,12-13H,6-8H2. The summed E-state index contributed by atoms with van der Waals surface area (Å²) in [6.07, 6.45) is -0.940. The molecule has 1 aromatic rings. The fourth-order valence-corrected chi connectivity index (χ4v) is 1.16. The maximum atomic E-state index is 11.1. The molecular formula is C11H14O4. The maximum Gasteiger partial charge on any atom is 0.335 e. The van der Waals surface area contributed by atoms with E-state index in [4.69, 9.17) is 5.11 Å². The van der Waals surface area contributed by atoms with Crippen molar-refractivity contribution >= 4 is 5.97 Å². The van der Waals surface area contributed by atoms with E-state index in [1.165, 1.54) is 0 Å². The fraction of sp³-hybridized carbons (Fsp3) is 0.364. The molecule has 15 heavy (non-hydrogen) atoms. The summed E-state index contributed by atoms with van der Waals surface area (Å²) in [6, 6.07) is 9.17. The van der Waals surface area contributed by atoms with Gasteiger partial charge >= 0.3 is 5.97 Å². The van der Waals surface area contributed by atoms with Crippen LogP contribution in [0.3, 0.4) is 0 Å². The van der Waals surface area contributed by atoms with Gasteiger partial charge < -0.3 is 14.9 Å². The predicted molar refractivity (Wildman–Crippen MR) is 54.2 cm³/mol.